The normalized spacial score (nSPS) is 6.00. The van der Waals surface area contributed by atoms with Crippen LogP contribution in [0.25, 0.3) is 0 Å². The molecule has 0 aliphatic rings. The zero-order valence-electron chi connectivity index (χ0n) is 5.23. The Labute approximate surface area is 117 Å². The average molecular weight is 330 g/mol. The molecule has 0 amide bonds. The van der Waals surface area contributed by atoms with Gasteiger partial charge in [0.05, 0.1) is 0 Å². The SMILES string of the molecule is O=c1cccc[nH]1.S.[Ba].[Cu]. The second kappa shape index (κ2) is 10.4. The monoisotopic (exact) mass is 330 g/mol. The van der Waals surface area contributed by atoms with Gasteiger partial charge in [-0.2, -0.15) is 13.5 Å². The van der Waals surface area contributed by atoms with Crippen molar-refractivity contribution >= 4 is 62.4 Å². The van der Waals surface area contributed by atoms with Crippen LogP contribution in [0.5, 0.6) is 0 Å². The Morgan fingerprint density at radius 1 is 1.30 bits per heavy atom. The molecule has 2 nitrogen and oxygen atoms in total. The smallest absolute Gasteiger partial charge is 0.247 e. The van der Waals surface area contributed by atoms with E-state index in [1.165, 1.54) is 6.07 Å². The first kappa shape index (κ1) is 17.5. The first-order valence-corrected chi connectivity index (χ1v) is 2.03. The van der Waals surface area contributed by atoms with Crippen LogP contribution in [0.4, 0.5) is 0 Å². The first-order valence-electron chi connectivity index (χ1n) is 2.03. The van der Waals surface area contributed by atoms with Crippen molar-refractivity contribution < 1.29 is 17.1 Å². The summed E-state index contributed by atoms with van der Waals surface area (Å²) in [5, 5.41) is 0. The molecule has 3 radical (unpaired) electrons. The van der Waals surface area contributed by atoms with Crippen LogP contribution >= 0.6 is 13.5 Å². The second-order valence-electron chi connectivity index (χ2n) is 1.23. The molecule has 0 atom stereocenters. The van der Waals surface area contributed by atoms with Crippen LogP contribution in [-0.4, -0.2) is 53.9 Å². The Hall–Kier alpha value is 1.39. The van der Waals surface area contributed by atoms with Gasteiger partial charge < -0.3 is 4.98 Å². The van der Waals surface area contributed by atoms with Crippen molar-refractivity contribution in [2.45, 2.75) is 0 Å². The minimum absolute atomic E-state index is 0. The maximum absolute atomic E-state index is 10.2. The van der Waals surface area contributed by atoms with Gasteiger partial charge in [0.2, 0.25) is 5.56 Å². The molecule has 57 valence electrons. The van der Waals surface area contributed by atoms with E-state index >= 15 is 0 Å². The molecular weight excluding hydrogens is 323 g/mol. The Kier molecular flexibility index (Phi) is 18.2. The number of aromatic nitrogens is 1. The number of nitrogens with one attached hydrogen (secondary N) is 1. The van der Waals surface area contributed by atoms with Crippen LogP contribution in [-0.2, 0) is 17.1 Å². The zero-order valence-corrected chi connectivity index (χ0v) is 11.6. The van der Waals surface area contributed by atoms with E-state index in [9.17, 15) is 4.79 Å². The average Bonchev–Trinajstić information content (AvgIpc) is 1.69. The summed E-state index contributed by atoms with van der Waals surface area (Å²) in [4.78, 5) is 12.7. The molecule has 1 aromatic rings. The van der Waals surface area contributed by atoms with E-state index in [0.29, 0.717) is 0 Å². The number of aromatic amines is 1. The Balaban J connectivity index is -0.000000163. The summed E-state index contributed by atoms with van der Waals surface area (Å²) in [6, 6.07) is 4.93. The third-order valence-corrected chi connectivity index (χ3v) is 0.681. The summed E-state index contributed by atoms with van der Waals surface area (Å²) in [5.41, 5.74) is -0.0532. The van der Waals surface area contributed by atoms with E-state index in [4.69, 9.17) is 0 Å². The largest absolute Gasteiger partial charge is 0.329 e. The van der Waals surface area contributed by atoms with Gasteiger partial charge in [-0.05, 0) is 6.07 Å². The predicted octanol–water partition coefficient (Wildman–Crippen LogP) is 0.104. The summed E-state index contributed by atoms with van der Waals surface area (Å²) in [5.74, 6) is 0. The molecule has 1 aromatic heterocycles. The molecule has 0 unspecified atom stereocenters. The van der Waals surface area contributed by atoms with Gasteiger partial charge in [-0.15, -0.1) is 0 Å². The van der Waals surface area contributed by atoms with Crippen LogP contribution in [0, 0.1) is 0 Å². The number of rotatable bonds is 0. The molecule has 1 rings (SSSR count). The van der Waals surface area contributed by atoms with Crippen molar-refractivity contribution in [1.29, 1.82) is 0 Å². The zero-order chi connectivity index (χ0) is 5.11. The summed E-state index contributed by atoms with van der Waals surface area (Å²) in [7, 11) is 0. The van der Waals surface area contributed by atoms with E-state index in [2.05, 4.69) is 4.98 Å². The van der Waals surface area contributed by atoms with Crippen LogP contribution in [0.3, 0.4) is 0 Å². The molecule has 1 N–H and O–H groups in total. The summed E-state index contributed by atoms with van der Waals surface area (Å²) >= 11 is 0. The fourth-order valence-corrected chi connectivity index (χ4v) is 0.377. The van der Waals surface area contributed by atoms with Crippen LogP contribution in [0.2, 0.25) is 0 Å². The van der Waals surface area contributed by atoms with Gasteiger partial charge in [-0.3, -0.25) is 4.79 Å². The molecule has 0 saturated heterocycles. The van der Waals surface area contributed by atoms with Crippen molar-refractivity contribution in [3.63, 3.8) is 0 Å². The topological polar surface area (TPSA) is 32.9 Å². The summed E-state index contributed by atoms with van der Waals surface area (Å²) < 4.78 is 0. The van der Waals surface area contributed by atoms with Gasteiger partial charge in [0, 0.05) is 78.2 Å². The fraction of sp³-hybridized carbons (Fsp3) is 0. The Bertz CT molecular complexity index is 187. The summed E-state index contributed by atoms with van der Waals surface area (Å²) in [6.07, 6.45) is 1.60. The van der Waals surface area contributed by atoms with Crippen LogP contribution < -0.4 is 5.56 Å². The number of hydrogen-bond donors (Lipinski definition) is 1. The molecule has 0 saturated carbocycles. The van der Waals surface area contributed by atoms with Gasteiger partial charge in [0.25, 0.3) is 0 Å². The first-order chi connectivity index (χ1) is 3.39. The van der Waals surface area contributed by atoms with Gasteiger partial charge >= 0.3 is 0 Å². The second-order valence-corrected chi connectivity index (χ2v) is 1.23. The number of pyridine rings is 1. The van der Waals surface area contributed by atoms with Crippen molar-refractivity contribution in [2.75, 3.05) is 0 Å². The van der Waals surface area contributed by atoms with E-state index in [-0.39, 0.29) is 85.0 Å². The van der Waals surface area contributed by atoms with E-state index in [0.717, 1.165) is 0 Å². The van der Waals surface area contributed by atoms with E-state index in [1.807, 2.05) is 0 Å². The molecule has 1 heterocycles. The quantitative estimate of drug-likeness (QED) is 0.673. The van der Waals surface area contributed by atoms with Crippen LogP contribution in [0.15, 0.2) is 29.2 Å². The van der Waals surface area contributed by atoms with Gasteiger partial charge in [0.15, 0.2) is 0 Å². The van der Waals surface area contributed by atoms with Gasteiger partial charge in [-0.25, -0.2) is 0 Å². The van der Waals surface area contributed by atoms with Gasteiger partial charge in [0.1, 0.15) is 0 Å². The summed E-state index contributed by atoms with van der Waals surface area (Å²) in [6.45, 7) is 0. The van der Waals surface area contributed by atoms with E-state index in [1.54, 1.807) is 18.3 Å². The molecule has 0 spiro atoms. The molecule has 10 heavy (non-hydrogen) atoms. The minimum atomic E-state index is -0.0532. The maximum Gasteiger partial charge on any atom is 0.247 e. The molecule has 0 bridgehead atoms. The number of H-pyrrole nitrogens is 1. The third kappa shape index (κ3) is 7.50. The molecular formula is C5H7BaCuNOS. The predicted molar refractivity (Wildman–Crippen MR) is 43.2 cm³/mol. The van der Waals surface area contributed by atoms with Crippen LogP contribution in [0.1, 0.15) is 0 Å². The van der Waals surface area contributed by atoms with Gasteiger partial charge in [-0.1, -0.05) is 6.07 Å². The minimum Gasteiger partial charge on any atom is -0.329 e. The molecule has 0 aliphatic carbocycles. The molecule has 0 aliphatic heterocycles. The molecule has 0 fully saturated rings. The molecule has 0 aromatic carbocycles. The Morgan fingerprint density at radius 3 is 2.10 bits per heavy atom. The van der Waals surface area contributed by atoms with Crippen molar-refractivity contribution in [3.05, 3.63) is 34.7 Å². The van der Waals surface area contributed by atoms with Crippen molar-refractivity contribution in [1.82, 2.24) is 4.98 Å². The third-order valence-electron chi connectivity index (χ3n) is 0.681. The number of hydrogen-bond acceptors (Lipinski definition) is 1. The molecule has 5 heteroatoms. The Morgan fingerprint density at radius 2 is 1.90 bits per heavy atom. The van der Waals surface area contributed by atoms with E-state index < -0.39 is 0 Å². The van der Waals surface area contributed by atoms with Crippen molar-refractivity contribution in [3.8, 4) is 0 Å². The fourth-order valence-electron chi connectivity index (χ4n) is 0.377. The van der Waals surface area contributed by atoms with Crippen molar-refractivity contribution in [2.24, 2.45) is 0 Å². The standard InChI is InChI=1S/C5H5NO.Ba.Cu.H2S/c7-5-3-1-2-4-6-5;;;/h1-4H,(H,6,7);;;1H2. The maximum atomic E-state index is 10.2.